The van der Waals surface area contributed by atoms with E-state index in [9.17, 15) is 9.59 Å². The predicted molar refractivity (Wildman–Crippen MR) is 95.1 cm³/mol. The summed E-state index contributed by atoms with van der Waals surface area (Å²) in [7, 11) is 0. The van der Waals surface area contributed by atoms with Crippen LogP contribution in [-0.2, 0) is 4.79 Å². The monoisotopic (exact) mass is 352 g/mol. The number of hydrogen-bond acceptors (Lipinski definition) is 4. The Morgan fingerprint density at radius 1 is 1.21 bits per heavy atom. The molecule has 24 heavy (non-hydrogen) atoms. The molecule has 0 aromatic heterocycles. The van der Waals surface area contributed by atoms with Gasteiger partial charge in [0.15, 0.2) is 0 Å². The molecule has 1 aliphatic carbocycles. The second kappa shape index (κ2) is 7.96. The molecule has 3 atom stereocenters. The summed E-state index contributed by atoms with van der Waals surface area (Å²) < 4.78 is 0. The molecule has 1 heterocycles. The molecule has 0 spiro atoms. The molecule has 1 aromatic rings. The lowest BCUT2D eigenvalue weighted by molar-refractivity contribution is -0.124. The fraction of sp³-hybridized carbons (Fsp3) is 0.529. The molecule has 1 saturated carbocycles. The number of hydrogen-bond donors (Lipinski definition) is 3. The normalized spacial score (nSPS) is 24.8. The zero-order valence-electron chi connectivity index (χ0n) is 13.8. The summed E-state index contributed by atoms with van der Waals surface area (Å²) in [5, 5.41) is 5.19. The quantitative estimate of drug-likeness (QED) is 0.760. The van der Waals surface area contributed by atoms with Crippen LogP contribution in [0.25, 0.3) is 0 Å². The van der Waals surface area contributed by atoms with Gasteiger partial charge in [-0.1, -0.05) is 30.3 Å². The van der Waals surface area contributed by atoms with Crippen LogP contribution in [0.1, 0.15) is 31.2 Å². The van der Waals surface area contributed by atoms with Crippen LogP contribution in [0.15, 0.2) is 30.3 Å². The van der Waals surface area contributed by atoms with Crippen molar-refractivity contribution in [2.75, 3.05) is 13.1 Å². The third kappa shape index (κ3) is 4.47. The third-order valence-electron chi connectivity index (χ3n) is 4.70. The highest BCUT2D eigenvalue weighted by atomic mass is 35.5. The minimum atomic E-state index is -0.396. The van der Waals surface area contributed by atoms with Crippen LogP contribution >= 0.6 is 12.4 Å². The molecule has 132 valence electrons. The second-order valence-corrected chi connectivity index (χ2v) is 6.55. The Kier molecular flexibility index (Phi) is 6.21. The average molecular weight is 353 g/mol. The number of imide groups is 1. The van der Waals surface area contributed by atoms with Crippen LogP contribution in [-0.4, -0.2) is 48.1 Å². The topological polar surface area (TPSA) is 87.5 Å². The highest BCUT2D eigenvalue weighted by Crippen LogP contribution is 2.27. The zero-order chi connectivity index (χ0) is 16.4. The molecule has 6 nitrogen and oxygen atoms in total. The van der Waals surface area contributed by atoms with Crippen LogP contribution in [0.4, 0.5) is 4.79 Å². The van der Waals surface area contributed by atoms with E-state index in [1.54, 1.807) is 0 Å². The molecule has 0 radical (unpaired) electrons. The van der Waals surface area contributed by atoms with Crippen molar-refractivity contribution in [1.29, 1.82) is 0 Å². The summed E-state index contributed by atoms with van der Waals surface area (Å²) in [6.45, 7) is 3.20. The Morgan fingerprint density at radius 2 is 1.88 bits per heavy atom. The summed E-state index contributed by atoms with van der Waals surface area (Å²) >= 11 is 0. The number of carbonyl (C=O) groups excluding carboxylic acids is 2. The molecule has 4 N–H and O–H groups in total. The van der Waals surface area contributed by atoms with E-state index in [4.69, 9.17) is 5.73 Å². The SMILES string of the molecule is CC(C(=O)NC(=O)NC1CC1)N1C[C@@H](N)[C@H](c2ccccc2)C1.Cl. The Bertz CT molecular complexity index is 579. The van der Waals surface area contributed by atoms with Gasteiger partial charge in [-0.25, -0.2) is 4.79 Å². The van der Waals surface area contributed by atoms with Crippen LogP contribution in [0.3, 0.4) is 0 Å². The van der Waals surface area contributed by atoms with E-state index in [0.29, 0.717) is 6.54 Å². The minimum absolute atomic E-state index is 0. The maximum atomic E-state index is 12.2. The first-order valence-corrected chi connectivity index (χ1v) is 8.20. The number of nitrogens with two attached hydrogens (primary N) is 1. The van der Waals surface area contributed by atoms with Crippen molar-refractivity contribution in [1.82, 2.24) is 15.5 Å². The van der Waals surface area contributed by atoms with Crippen LogP contribution in [0.2, 0.25) is 0 Å². The number of nitrogens with one attached hydrogen (secondary N) is 2. The first-order chi connectivity index (χ1) is 11.0. The van der Waals surface area contributed by atoms with E-state index in [1.807, 2.05) is 30.0 Å². The lowest BCUT2D eigenvalue weighted by atomic mass is 9.95. The number of likely N-dealkylation sites (tertiary alicyclic amines) is 1. The van der Waals surface area contributed by atoms with Crippen molar-refractivity contribution in [2.45, 2.75) is 43.8 Å². The molecule has 2 aliphatic rings. The standard InChI is InChI=1S/C17H24N4O2.ClH/c1-11(16(22)20-17(23)19-13-7-8-13)21-9-14(15(18)10-21)12-5-3-2-4-6-12;/h2-6,11,13-15H,7-10,18H2,1H3,(H2,19,20,22,23);1H/t11?,14-,15+;/m0./s1. The van der Waals surface area contributed by atoms with E-state index in [-0.39, 0.29) is 42.4 Å². The van der Waals surface area contributed by atoms with Gasteiger partial charge in [0.2, 0.25) is 5.91 Å². The van der Waals surface area contributed by atoms with Gasteiger partial charge in [-0.15, -0.1) is 12.4 Å². The average Bonchev–Trinajstić information content (AvgIpc) is 3.26. The Morgan fingerprint density at radius 3 is 2.50 bits per heavy atom. The van der Waals surface area contributed by atoms with Gasteiger partial charge in [0.05, 0.1) is 6.04 Å². The van der Waals surface area contributed by atoms with Gasteiger partial charge in [-0.05, 0) is 25.3 Å². The van der Waals surface area contributed by atoms with Crippen molar-refractivity contribution in [3.63, 3.8) is 0 Å². The number of nitrogens with zero attached hydrogens (tertiary/aromatic N) is 1. The van der Waals surface area contributed by atoms with Crippen LogP contribution in [0.5, 0.6) is 0 Å². The molecule has 1 saturated heterocycles. The van der Waals surface area contributed by atoms with Crippen molar-refractivity contribution in [2.24, 2.45) is 5.73 Å². The number of halogens is 1. The molecule has 3 amide bonds. The van der Waals surface area contributed by atoms with Gasteiger partial charge in [-0.2, -0.15) is 0 Å². The number of benzene rings is 1. The van der Waals surface area contributed by atoms with Crippen molar-refractivity contribution < 1.29 is 9.59 Å². The number of rotatable bonds is 4. The molecular formula is C17H25ClN4O2. The van der Waals surface area contributed by atoms with E-state index in [0.717, 1.165) is 19.4 Å². The van der Waals surface area contributed by atoms with E-state index in [1.165, 1.54) is 5.56 Å². The summed E-state index contributed by atoms with van der Waals surface area (Å²) in [6.07, 6.45) is 1.99. The Balaban J connectivity index is 0.00000208. The molecular weight excluding hydrogens is 328 g/mol. The Labute approximate surface area is 148 Å². The highest BCUT2D eigenvalue weighted by Gasteiger charge is 2.36. The lowest BCUT2D eigenvalue weighted by Crippen LogP contribution is -2.49. The number of amides is 3. The molecule has 0 bridgehead atoms. The molecule has 1 aliphatic heterocycles. The Hall–Kier alpha value is -1.63. The van der Waals surface area contributed by atoms with E-state index < -0.39 is 6.03 Å². The summed E-state index contributed by atoms with van der Waals surface area (Å²) in [6, 6.07) is 9.59. The van der Waals surface area contributed by atoms with Gasteiger partial charge in [0.1, 0.15) is 0 Å². The summed E-state index contributed by atoms with van der Waals surface area (Å²) in [4.78, 5) is 26.0. The second-order valence-electron chi connectivity index (χ2n) is 6.55. The first-order valence-electron chi connectivity index (χ1n) is 8.20. The number of carbonyl (C=O) groups is 2. The van der Waals surface area contributed by atoms with Crippen molar-refractivity contribution in [3.8, 4) is 0 Å². The maximum Gasteiger partial charge on any atom is 0.321 e. The largest absolute Gasteiger partial charge is 0.335 e. The van der Waals surface area contributed by atoms with Gasteiger partial charge >= 0.3 is 6.03 Å². The van der Waals surface area contributed by atoms with Crippen molar-refractivity contribution >= 4 is 24.3 Å². The van der Waals surface area contributed by atoms with Gasteiger partial charge in [0, 0.05) is 31.1 Å². The maximum absolute atomic E-state index is 12.2. The molecule has 7 heteroatoms. The smallest absolute Gasteiger partial charge is 0.321 e. The lowest BCUT2D eigenvalue weighted by Gasteiger charge is -2.23. The fourth-order valence-corrected chi connectivity index (χ4v) is 3.06. The van der Waals surface area contributed by atoms with Gasteiger partial charge < -0.3 is 11.1 Å². The van der Waals surface area contributed by atoms with E-state index in [2.05, 4.69) is 22.8 Å². The summed E-state index contributed by atoms with van der Waals surface area (Å²) in [5.41, 5.74) is 7.46. The molecule has 3 rings (SSSR count). The highest BCUT2D eigenvalue weighted by molar-refractivity contribution is 5.97. The number of urea groups is 1. The van der Waals surface area contributed by atoms with Gasteiger partial charge in [0.25, 0.3) is 0 Å². The van der Waals surface area contributed by atoms with Gasteiger partial charge in [-0.3, -0.25) is 15.0 Å². The van der Waals surface area contributed by atoms with E-state index >= 15 is 0 Å². The zero-order valence-corrected chi connectivity index (χ0v) is 14.6. The third-order valence-corrected chi connectivity index (χ3v) is 4.70. The van der Waals surface area contributed by atoms with Crippen LogP contribution in [0, 0.1) is 0 Å². The molecule has 2 fully saturated rings. The molecule has 1 aromatic carbocycles. The fourth-order valence-electron chi connectivity index (χ4n) is 3.06. The molecule has 1 unspecified atom stereocenters. The van der Waals surface area contributed by atoms with Crippen molar-refractivity contribution in [3.05, 3.63) is 35.9 Å². The predicted octanol–water partition coefficient (Wildman–Crippen LogP) is 1.21. The summed E-state index contributed by atoms with van der Waals surface area (Å²) in [5.74, 6) is -0.0594. The van der Waals surface area contributed by atoms with Crippen LogP contribution < -0.4 is 16.4 Å². The minimum Gasteiger partial charge on any atom is -0.335 e. The first kappa shape index (κ1) is 18.7.